The maximum absolute atomic E-state index is 13.2. The second-order valence-electron chi connectivity index (χ2n) is 6.58. The Kier molecular flexibility index (Phi) is 8.93. The molecule has 0 radical (unpaired) electrons. The highest BCUT2D eigenvalue weighted by atomic mass is 35.5. The Morgan fingerprint density at radius 3 is 2.45 bits per heavy atom. The van der Waals surface area contributed by atoms with Crippen molar-refractivity contribution in [3.63, 3.8) is 0 Å². The Bertz CT molecular complexity index is 814. The van der Waals surface area contributed by atoms with Crippen molar-refractivity contribution in [3.05, 3.63) is 64.9 Å². The van der Waals surface area contributed by atoms with Gasteiger partial charge in [-0.05, 0) is 42.7 Å². The highest BCUT2D eigenvalue weighted by Gasteiger charge is 2.28. The van der Waals surface area contributed by atoms with Gasteiger partial charge in [0.1, 0.15) is 17.6 Å². The minimum atomic E-state index is -0.658. The van der Waals surface area contributed by atoms with Gasteiger partial charge in [0.2, 0.25) is 5.91 Å². The van der Waals surface area contributed by atoms with Crippen molar-refractivity contribution < 1.29 is 18.7 Å². The van der Waals surface area contributed by atoms with E-state index in [-0.39, 0.29) is 30.8 Å². The van der Waals surface area contributed by atoms with E-state index in [9.17, 15) is 14.0 Å². The average molecular weight is 421 g/mol. The van der Waals surface area contributed by atoms with Gasteiger partial charge in [0.25, 0.3) is 5.91 Å². The lowest BCUT2D eigenvalue weighted by Gasteiger charge is -2.30. The first-order chi connectivity index (χ1) is 14.0. The molecule has 0 aliphatic rings. The number of benzene rings is 2. The first-order valence-corrected chi connectivity index (χ1v) is 10.0. The zero-order valence-corrected chi connectivity index (χ0v) is 17.4. The predicted octanol–water partition coefficient (Wildman–Crippen LogP) is 4.19. The maximum Gasteiger partial charge on any atom is 0.261 e. The lowest BCUT2D eigenvalue weighted by atomic mass is 10.1. The van der Waals surface area contributed by atoms with E-state index in [1.54, 1.807) is 36.4 Å². The second-order valence-corrected chi connectivity index (χ2v) is 6.99. The Labute approximate surface area is 175 Å². The molecular formula is C22H26ClFN2O3. The summed E-state index contributed by atoms with van der Waals surface area (Å²) < 4.78 is 18.8. The number of nitrogens with one attached hydrogen (secondary N) is 1. The highest BCUT2D eigenvalue weighted by Crippen LogP contribution is 2.23. The Morgan fingerprint density at radius 2 is 1.83 bits per heavy atom. The number of rotatable bonds is 10. The monoisotopic (exact) mass is 420 g/mol. The first-order valence-electron chi connectivity index (χ1n) is 9.65. The summed E-state index contributed by atoms with van der Waals surface area (Å²) in [6, 6.07) is 12.1. The van der Waals surface area contributed by atoms with Crippen LogP contribution < -0.4 is 10.1 Å². The first kappa shape index (κ1) is 22.7. The number of carbonyl (C=O) groups excluding carboxylic acids is 2. The van der Waals surface area contributed by atoms with Crippen molar-refractivity contribution in [2.24, 2.45) is 0 Å². The third-order valence-electron chi connectivity index (χ3n) is 4.39. The molecule has 2 rings (SSSR count). The van der Waals surface area contributed by atoms with Gasteiger partial charge in [-0.1, -0.05) is 49.7 Å². The van der Waals surface area contributed by atoms with E-state index in [0.29, 0.717) is 23.7 Å². The Morgan fingerprint density at radius 1 is 1.14 bits per heavy atom. The molecule has 156 valence electrons. The molecule has 1 atom stereocenters. The van der Waals surface area contributed by atoms with Crippen LogP contribution in [0.2, 0.25) is 5.02 Å². The second kappa shape index (κ2) is 11.4. The van der Waals surface area contributed by atoms with Crippen molar-refractivity contribution in [2.75, 3.05) is 13.2 Å². The number of nitrogens with zero attached hydrogens (tertiary/aromatic N) is 1. The lowest BCUT2D eigenvalue weighted by Crippen LogP contribution is -2.50. The molecule has 0 spiro atoms. The number of ether oxygens (including phenoxy) is 1. The number of hydrogen-bond donors (Lipinski definition) is 1. The van der Waals surface area contributed by atoms with Crippen LogP contribution in [0.1, 0.15) is 32.3 Å². The van der Waals surface area contributed by atoms with Crippen molar-refractivity contribution in [1.82, 2.24) is 10.2 Å². The fraction of sp³-hybridized carbons (Fsp3) is 0.364. The van der Waals surface area contributed by atoms with E-state index in [2.05, 4.69) is 5.32 Å². The van der Waals surface area contributed by atoms with Gasteiger partial charge >= 0.3 is 0 Å². The smallest absolute Gasteiger partial charge is 0.261 e. The van der Waals surface area contributed by atoms with Gasteiger partial charge in [-0.2, -0.15) is 0 Å². The largest absolute Gasteiger partial charge is 0.482 e. The molecular weight excluding hydrogens is 395 g/mol. The van der Waals surface area contributed by atoms with Crippen molar-refractivity contribution >= 4 is 23.4 Å². The summed E-state index contributed by atoms with van der Waals surface area (Å²) in [5.41, 5.74) is 0.722. The van der Waals surface area contributed by atoms with Crippen molar-refractivity contribution in [2.45, 2.75) is 39.3 Å². The molecule has 0 aliphatic carbocycles. The summed E-state index contributed by atoms with van der Waals surface area (Å²) in [5.74, 6) is -0.538. The summed E-state index contributed by atoms with van der Waals surface area (Å²) in [5, 5.41) is 3.24. The minimum Gasteiger partial charge on any atom is -0.482 e. The number of para-hydroxylation sites is 1. The highest BCUT2D eigenvalue weighted by molar-refractivity contribution is 6.32. The molecule has 0 bridgehead atoms. The standard InChI is InChI=1S/C22H26ClFN2O3/c1-3-13-25-22(28)19(4-2)26(14-16-9-11-17(24)12-10-16)21(27)15-29-20-8-6-5-7-18(20)23/h5-12,19H,3-4,13-15H2,1-2H3,(H,25,28)/t19-/m0/s1. The van der Waals surface area contributed by atoms with Gasteiger partial charge < -0.3 is 15.0 Å². The molecule has 0 saturated heterocycles. The maximum atomic E-state index is 13.2. The van der Waals surface area contributed by atoms with Crippen molar-refractivity contribution in [1.29, 1.82) is 0 Å². The van der Waals surface area contributed by atoms with E-state index >= 15 is 0 Å². The van der Waals surface area contributed by atoms with Crippen LogP contribution in [0, 0.1) is 5.82 Å². The number of amides is 2. The van der Waals surface area contributed by atoms with E-state index < -0.39 is 6.04 Å². The summed E-state index contributed by atoms with van der Waals surface area (Å²) >= 11 is 6.08. The normalized spacial score (nSPS) is 11.6. The van der Waals surface area contributed by atoms with E-state index in [0.717, 1.165) is 12.0 Å². The molecule has 5 nitrogen and oxygen atoms in total. The van der Waals surface area contributed by atoms with Crippen LogP contribution in [0.25, 0.3) is 0 Å². The van der Waals surface area contributed by atoms with Gasteiger partial charge in [0.15, 0.2) is 6.61 Å². The van der Waals surface area contributed by atoms with Gasteiger partial charge in [0.05, 0.1) is 5.02 Å². The molecule has 1 N–H and O–H groups in total. The van der Waals surface area contributed by atoms with Crippen LogP contribution in [0.4, 0.5) is 4.39 Å². The van der Waals surface area contributed by atoms with E-state index in [1.165, 1.54) is 17.0 Å². The summed E-state index contributed by atoms with van der Waals surface area (Å²) in [4.78, 5) is 27.1. The van der Waals surface area contributed by atoms with Crippen molar-refractivity contribution in [3.8, 4) is 5.75 Å². The van der Waals surface area contributed by atoms with E-state index in [1.807, 2.05) is 13.8 Å². The van der Waals surface area contributed by atoms with Gasteiger partial charge in [-0.3, -0.25) is 9.59 Å². The third-order valence-corrected chi connectivity index (χ3v) is 4.70. The molecule has 29 heavy (non-hydrogen) atoms. The molecule has 2 aromatic carbocycles. The van der Waals surface area contributed by atoms with Gasteiger partial charge in [-0.25, -0.2) is 4.39 Å². The molecule has 0 fully saturated rings. The van der Waals surface area contributed by atoms with Crippen LogP contribution in [0.5, 0.6) is 5.75 Å². The van der Waals surface area contributed by atoms with Crippen LogP contribution in [0.15, 0.2) is 48.5 Å². The summed E-state index contributed by atoms with van der Waals surface area (Å²) in [7, 11) is 0. The quantitative estimate of drug-likeness (QED) is 0.627. The average Bonchev–Trinajstić information content (AvgIpc) is 2.72. The Balaban J connectivity index is 2.19. The lowest BCUT2D eigenvalue weighted by molar-refractivity contribution is -0.143. The van der Waals surface area contributed by atoms with Crippen LogP contribution in [-0.2, 0) is 16.1 Å². The summed E-state index contributed by atoms with van der Waals surface area (Å²) in [6.45, 7) is 4.24. The molecule has 0 unspecified atom stereocenters. The fourth-order valence-electron chi connectivity index (χ4n) is 2.86. The van der Waals surface area contributed by atoms with Gasteiger partial charge in [-0.15, -0.1) is 0 Å². The molecule has 7 heteroatoms. The van der Waals surface area contributed by atoms with Gasteiger partial charge in [0, 0.05) is 13.1 Å². The number of carbonyl (C=O) groups is 2. The number of halogens is 2. The zero-order valence-electron chi connectivity index (χ0n) is 16.7. The molecule has 2 amide bonds. The van der Waals surface area contributed by atoms with Crippen LogP contribution >= 0.6 is 11.6 Å². The topological polar surface area (TPSA) is 58.6 Å². The number of hydrogen-bond acceptors (Lipinski definition) is 3. The van der Waals surface area contributed by atoms with Crippen LogP contribution in [0.3, 0.4) is 0 Å². The Hall–Kier alpha value is -2.60. The molecule has 0 aromatic heterocycles. The van der Waals surface area contributed by atoms with E-state index in [4.69, 9.17) is 16.3 Å². The summed E-state index contributed by atoms with van der Waals surface area (Å²) in [6.07, 6.45) is 1.23. The molecule has 0 aliphatic heterocycles. The molecule has 0 saturated carbocycles. The molecule has 0 heterocycles. The minimum absolute atomic E-state index is 0.170. The SMILES string of the molecule is CCCNC(=O)[C@H](CC)N(Cc1ccc(F)cc1)C(=O)COc1ccccc1Cl. The molecule has 2 aromatic rings. The zero-order chi connectivity index (χ0) is 21.2. The van der Waals surface area contributed by atoms with Crippen LogP contribution in [-0.4, -0.2) is 35.9 Å². The predicted molar refractivity (Wildman–Crippen MR) is 111 cm³/mol. The third kappa shape index (κ3) is 6.75. The fourth-order valence-corrected chi connectivity index (χ4v) is 3.05.